The molecule has 0 aliphatic carbocycles. The van der Waals surface area contributed by atoms with Gasteiger partial charge < -0.3 is 15.6 Å². The Morgan fingerprint density at radius 1 is 1.10 bits per heavy atom. The van der Waals surface area contributed by atoms with E-state index in [0.717, 1.165) is 11.9 Å². The van der Waals surface area contributed by atoms with Crippen molar-refractivity contribution in [1.29, 1.82) is 0 Å². The highest BCUT2D eigenvalue weighted by atomic mass is 19.1. The van der Waals surface area contributed by atoms with Gasteiger partial charge in [-0.15, -0.1) is 0 Å². The van der Waals surface area contributed by atoms with E-state index in [0.29, 0.717) is 11.2 Å². The van der Waals surface area contributed by atoms with Crippen LogP contribution in [0.15, 0.2) is 24.3 Å². The second kappa shape index (κ2) is 4.69. The van der Waals surface area contributed by atoms with Gasteiger partial charge in [0.05, 0.1) is 16.8 Å². The third-order valence-electron chi connectivity index (χ3n) is 3.13. The SMILES string of the molecule is CN(C)c1ccc2[nH]c(-c3cc(N)c(F)cc3F)nc2n1. The standard InChI is InChI=1S/C14H13F2N5/c1-21(2)12-4-3-11-14(19-12)20-13(18-11)7-5-10(17)9(16)6-8(7)15/h3-6H,17H2,1-2H3,(H,18,19,20). The van der Waals surface area contributed by atoms with Crippen LogP contribution in [-0.4, -0.2) is 29.0 Å². The first kappa shape index (κ1) is 13.3. The number of rotatable bonds is 2. The number of halogens is 2. The van der Waals surface area contributed by atoms with Crippen LogP contribution >= 0.6 is 0 Å². The molecule has 0 unspecified atom stereocenters. The Kier molecular flexibility index (Phi) is 2.97. The summed E-state index contributed by atoms with van der Waals surface area (Å²) >= 11 is 0. The van der Waals surface area contributed by atoms with Gasteiger partial charge >= 0.3 is 0 Å². The van der Waals surface area contributed by atoms with Crippen molar-refractivity contribution in [2.45, 2.75) is 0 Å². The molecular formula is C14H13F2N5. The summed E-state index contributed by atoms with van der Waals surface area (Å²) < 4.78 is 27.1. The summed E-state index contributed by atoms with van der Waals surface area (Å²) in [4.78, 5) is 13.4. The van der Waals surface area contributed by atoms with Crippen LogP contribution < -0.4 is 10.6 Å². The van der Waals surface area contributed by atoms with Gasteiger partial charge in [-0.1, -0.05) is 0 Å². The van der Waals surface area contributed by atoms with Gasteiger partial charge in [0.15, 0.2) is 5.65 Å². The minimum atomic E-state index is -0.791. The highest BCUT2D eigenvalue weighted by Crippen LogP contribution is 2.26. The average Bonchev–Trinajstić information content (AvgIpc) is 2.85. The van der Waals surface area contributed by atoms with Crippen molar-refractivity contribution in [2.24, 2.45) is 0 Å². The second-order valence-electron chi connectivity index (χ2n) is 4.87. The molecule has 0 radical (unpaired) electrons. The lowest BCUT2D eigenvalue weighted by Crippen LogP contribution is -2.10. The van der Waals surface area contributed by atoms with Crippen LogP contribution in [0.5, 0.6) is 0 Å². The smallest absolute Gasteiger partial charge is 0.180 e. The van der Waals surface area contributed by atoms with Crippen LogP contribution in [0.1, 0.15) is 0 Å². The molecule has 0 saturated heterocycles. The number of imidazole rings is 1. The molecule has 5 nitrogen and oxygen atoms in total. The zero-order chi connectivity index (χ0) is 15.1. The highest BCUT2D eigenvalue weighted by Gasteiger charge is 2.14. The van der Waals surface area contributed by atoms with Crippen molar-refractivity contribution < 1.29 is 8.78 Å². The number of nitrogens with one attached hydrogen (secondary N) is 1. The molecular weight excluding hydrogens is 276 g/mol. The van der Waals surface area contributed by atoms with Gasteiger partial charge in [0.25, 0.3) is 0 Å². The van der Waals surface area contributed by atoms with E-state index in [1.54, 1.807) is 6.07 Å². The highest BCUT2D eigenvalue weighted by molar-refractivity contribution is 5.78. The zero-order valence-corrected chi connectivity index (χ0v) is 11.5. The number of aromatic nitrogens is 3. The first-order valence-electron chi connectivity index (χ1n) is 6.24. The Morgan fingerprint density at radius 2 is 1.86 bits per heavy atom. The summed E-state index contributed by atoms with van der Waals surface area (Å²) in [6, 6.07) is 5.59. The maximum atomic E-state index is 13.9. The lowest BCUT2D eigenvalue weighted by atomic mass is 10.1. The van der Waals surface area contributed by atoms with Crippen molar-refractivity contribution in [3.8, 4) is 11.4 Å². The number of pyridine rings is 1. The molecule has 2 aromatic heterocycles. The minimum absolute atomic E-state index is 0.110. The van der Waals surface area contributed by atoms with E-state index in [4.69, 9.17) is 5.73 Å². The number of anilines is 2. The van der Waals surface area contributed by atoms with Gasteiger partial charge in [-0.05, 0) is 18.2 Å². The lowest BCUT2D eigenvalue weighted by molar-refractivity contribution is 0.588. The predicted molar refractivity (Wildman–Crippen MR) is 78.0 cm³/mol. The van der Waals surface area contributed by atoms with Crippen LogP contribution in [0.3, 0.4) is 0 Å². The molecule has 0 atom stereocenters. The quantitative estimate of drug-likeness (QED) is 0.711. The first-order chi connectivity index (χ1) is 9.95. The maximum Gasteiger partial charge on any atom is 0.180 e. The second-order valence-corrected chi connectivity index (χ2v) is 4.87. The summed E-state index contributed by atoms with van der Waals surface area (Å²) in [5.41, 5.74) is 6.58. The molecule has 0 aliphatic heterocycles. The number of nitrogens with two attached hydrogens (primary N) is 1. The van der Waals surface area contributed by atoms with E-state index in [1.165, 1.54) is 6.07 Å². The Labute approximate surface area is 119 Å². The van der Waals surface area contributed by atoms with Crippen molar-refractivity contribution >= 4 is 22.7 Å². The van der Waals surface area contributed by atoms with E-state index in [2.05, 4.69) is 15.0 Å². The topological polar surface area (TPSA) is 70.8 Å². The molecule has 3 aromatic rings. The molecule has 1 aromatic carbocycles. The Hall–Kier alpha value is -2.70. The minimum Gasteiger partial charge on any atom is -0.396 e. The third-order valence-corrected chi connectivity index (χ3v) is 3.13. The Morgan fingerprint density at radius 3 is 2.57 bits per heavy atom. The van der Waals surface area contributed by atoms with E-state index in [1.807, 2.05) is 25.1 Å². The number of H-pyrrole nitrogens is 1. The van der Waals surface area contributed by atoms with Gasteiger partial charge in [0, 0.05) is 20.2 Å². The molecule has 0 saturated carbocycles. The summed E-state index contributed by atoms with van der Waals surface area (Å²) in [6.45, 7) is 0. The van der Waals surface area contributed by atoms with Crippen LogP contribution in [0, 0.1) is 11.6 Å². The molecule has 7 heteroatoms. The van der Waals surface area contributed by atoms with Crippen molar-refractivity contribution in [3.63, 3.8) is 0 Å². The summed E-state index contributed by atoms with van der Waals surface area (Å²) in [5.74, 6) is -0.522. The van der Waals surface area contributed by atoms with Crippen molar-refractivity contribution in [2.75, 3.05) is 24.7 Å². The number of aromatic amines is 1. The van der Waals surface area contributed by atoms with Crippen molar-refractivity contribution in [1.82, 2.24) is 15.0 Å². The van der Waals surface area contributed by atoms with Crippen LogP contribution in [0.2, 0.25) is 0 Å². The fraction of sp³-hybridized carbons (Fsp3) is 0.143. The molecule has 0 aliphatic rings. The maximum absolute atomic E-state index is 13.9. The summed E-state index contributed by atoms with van der Waals surface area (Å²) in [7, 11) is 3.73. The Balaban J connectivity index is 2.15. The summed E-state index contributed by atoms with van der Waals surface area (Å²) in [5, 5.41) is 0. The van der Waals surface area contributed by atoms with Gasteiger partial charge in [-0.25, -0.2) is 18.7 Å². The van der Waals surface area contributed by atoms with E-state index >= 15 is 0 Å². The zero-order valence-electron chi connectivity index (χ0n) is 11.5. The van der Waals surface area contributed by atoms with Gasteiger partial charge in [-0.3, -0.25) is 0 Å². The molecule has 2 heterocycles. The summed E-state index contributed by atoms with van der Waals surface area (Å²) in [6.07, 6.45) is 0. The van der Waals surface area contributed by atoms with Crippen LogP contribution in [0.25, 0.3) is 22.6 Å². The fourth-order valence-electron chi connectivity index (χ4n) is 2.01. The number of nitrogen functional groups attached to an aromatic ring is 1. The number of hydrogen-bond acceptors (Lipinski definition) is 4. The lowest BCUT2D eigenvalue weighted by Gasteiger charge is -2.09. The molecule has 0 spiro atoms. The number of benzene rings is 1. The Bertz CT molecular complexity index is 826. The molecule has 21 heavy (non-hydrogen) atoms. The molecule has 108 valence electrons. The third kappa shape index (κ3) is 2.26. The molecule has 3 rings (SSSR count). The number of fused-ring (bicyclic) bond motifs is 1. The largest absolute Gasteiger partial charge is 0.396 e. The van der Waals surface area contributed by atoms with Crippen LogP contribution in [0.4, 0.5) is 20.3 Å². The number of hydrogen-bond donors (Lipinski definition) is 2. The molecule has 0 bridgehead atoms. The number of nitrogens with zero attached hydrogens (tertiary/aromatic N) is 3. The first-order valence-corrected chi connectivity index (χ1v) is 6.24. The van der Waals surface area contributed by atoms with E-state index < -0.39 is 11.6 Å². The normalized spacial score (nSPS) is 11.0. The van der Waals surface area contributed by atoms with Gasteiger partial charge in [0.1, 0.15) is 23.3 Å². The average molecular weight is 289 g/mol. The predicted octanol–water partition coefficient (Wildman–Crippen LogP) is 2.55. The molecule has 3 N–H and O–H groups in total. The van der Waals surface area contributed by atoms with E-state index in [9.17, 15) is 8.78 Å². The van der Waals surface area contributed by atoms with E-state index in [-0.39, 0.29) is 17.1 Å². The molecule has 0 fully saturated rings. The van der Waals surface area contributed by atoms with Crippen LogP contribution in [-0.2, 0) is 0 Å². The van der Waals surface area contributed by atoms with Gasteiger partial charge in [-0.2, -0.15) is 0 Å². The molecule has 0 amide bonds. The fourth-order valence-corrected chi connectivity index (χ4v) is 2.01. The monoisotopic (exact) mass is 289 g/mol. The van der Waals surface area contributed by atoms with Crippen molar-refractivity contribution in [3.05, 3.63) is 35.9 Å². The van der Waals surface area contributed by atoms with Gasteiger partial charge in [0.2, 0.25) is 0 Å².